The van der Waals surface area contributed by atoms with E-state index in [1.54, 1.807) is 24.1 Å². The molecule has 0 radical (unpaired) electrons. The summed E-state index contributed by atoms with van der Waals surface area (Å²) in [4.78, 5) is 14.3. The molecule has 1 heterocycles. The molecule has 0 unspecified atom stereocenters. The molecule has 2 aromatic rings. The van der Waals surface area contributed by atoms with Crippen LogP contribution in [0.1, 0.15) is 30.0 Å². The average molecular weight is 343 g/mol. The first-order valence-electron chi connectivity index (χ1n) is 8.42. The third kappa shape index (κ3) is 4.17. The molecule has 2 atom stereocenters. The van der Waals surface area contributed by atoms with Crippen molar-refractivity contribution in [2.75, 3.05) is 13.7 Å². The topological polar surface area (TPSA) is 49.8 Å². The maximum absolute atomic E-state index is 13.5. The molecule has 1 amide bonds. The number of hydrogen-bond acceptors (Lipinski definition) is 3. The zero-order valence-electron chi connectivity index (χ0n) is 14.2. The third-order valence-corrected chi connectivity index (χ3v) is 4.62. The van der Waals surface area contributed by atoms with E-state index < -0.39 is 6.10 Å². The second-order valence-electron chi connectivity index (χ2n) is 6.35. The first kappa shape index (κ1) is 17.4. The van der Waals surface area contributed by atoms with Crippen molar-refractivity contribution < 1.29 is 19.0 Å². The Morgan fingerprint density at radius 1 is 1.28 bits per heavy atom. The fourth-order valence-corrected chi connectivity index (χ4v) is 3.31. The number of aliphatic hydroxyl groups is 1. The number of hydrogen-bond donors (Lipinski definition) is 1. The van der Waals surface area contributed by atoms with Gasteiger partial charge in [0.15, 0.2) is 0 Å². The molecule has 5 heteroatoms. The van der Waals surface area contributed by atoms with Gasteiger partial charge < -0.3 is 14.7 Å². The maximum atomic E-state index is 13.5. The lowest BCUT2D eigenvalue weighted by Crippen LogP contribution is -2.32. The SMILES string of the molecule is COc1ccc(CCC(=O)N2C[C@@H](O)C[C@@H]2c2cccc(F)c2)cc1. The van der Waals surface area contributed by atoms with Crippen LogP contribution in [-0.2, 0) is 11.2 Å². The Hall–Kier alpha value is -2.40. The van der Waals surface area contributed by atoms with Crippen LogP contribution in [-0.4, -0.2) is 35.7 Å². The predicted octanol–water partition coefficient (Wildman–Crippen LogP) is 3.10. The Labute approximate surface area is 146 Å². The Kier molecular flexibility index (Phi) is 5.34. The molecule has 1 aliphatic heterocycles. The number of rotatable bonds is 5. The van der Waals surface area contributed by atoms with E-state index in [1.165, 1.54) is 12.1 Å². The van der Waals surface area contributed by atoms with E-state index >= 15 is 0 Å². The summed E-state index contributed by atoms with van der Waals surface area (Å²) in [5.74, 6) is 0.426. The highest BCUT2D eigenvalue weighted by Gasteiger charge is 2.35. The van der Waals surface area contributed by atoms with Gasteiger partial charge in [0.05, 0.1) is 19.3 Å². The molecular weight excluding hydrogens is 321 g/mol. The van der Waals surface area contributed by atoms with Gasteiger partial charge in [0.25, 0.3) is 0 Å². The van der Waals surface area contributed by atoms with Crippen molar-refractivity contribution in [3.05, 3.63) is 65.5 Å². The zero-order chi connectivity index (χ0) is 17.8. The molecule has 1 N–H and O–H groups in total. The largest absolute Gasteiger partial charge is 0.497 e. The van der Waals surface area contributed by atoms with E-state index in [-0.39, 0.29) is 17.8 Å². The van der Waals surface area contributed by atoms with Gasteiger partial charge in [0.2, 0.25) is 5.91 Å². The van der Waals surface area contributed by atoms with E-state index in [1.807, 2.05) is 24.3 Å². The van der Waals surface area contributed by atoms with Crippen LogP contribution < -0.4 is 4.74 Å². The van der Waals surface area contributed by atoms with Crippen LogP contribution in [0.15, 0.2) is 48.5 Å². The molecule has 132 valence electrons. The Morgan fingerprint density at radius 2 is 2.04 bits per heavy atom. The van der Waals surface area contributed by atoms with Crippen LogP contribution in [0.2, 0.25) is 0 Å². The van der Waals surface area contributed by atoms with Gasteiger partial charge in [-0.2, -0.15) is 0 Å². The number of likely N-dealkylation sites (tertiary alicyclic amines) is 1. The predicted molar refractivity (Wildman–Crippen MR) is 92.8 cm³/mol. The van der Waals surface area contributed by atoms with Crippen LogP contribution >= 0.6 is 0 Å². The molecule has 0 aromatic heterocycles. The monoisotopic (exact) mass is 343 g/mol. The maximum Gasteiger partial charge on any atom is 0.223 e. The standard InChI is InChI=1S/C20H22FNO3/c1-25-18-8-5-14(6-9-18)7-10-20(24)22-13-17(23)12-19(22)15-3-2-4-16(21)11-15/h2-6,8-9,11,17,19,23H,7,10,12-13H2,1H3/t17-,19+/m0/s1. The van der Waals surface area contributed by atoms with E-state index in [2.05, 4.69) is 0 Å². The number of ether oxygens (including phenoxy) is 1. The van der Waals surface area contributed by atoms with E-state index in [0.717, 1.165) is 16.9 Å². The summed E-state index contributed by atoms with van der Waals surface area (Å²) in [7, 11) is 1.61. The summed E-state index contributed by atoms with van der Waals surface area (Å²) in [6.07, 6.45) is 0.839. The van der Waals surface area contributed by atoms with Crippen molar-refractivity contribution in [3.8, 4) is 5.75 Å². The molecule has 0 aliphatic carbocycles. The first-order chi connectivity index (χ1) is 12.1. The van der Waals surface area contributed by atoms with Crippen molar-refractivity contribution in [2.24, 2.45) is 0 Å². The van der Waals surface area contributed by atoms with Crippen molar-refractivity contribution in [2.45, 2.75) is 31.4 Å². The third-order valence-electron chi connectivity index (χ3n) is 4.62. The first-order valence-corrected chi connectivity index (χ1v) is 8.42. The molecule has 1 saturated heterocycles. The molecule has 4 nitrogen and oxygen atoms in total. The minimum Gasteiger partial charge on any atom is -0.497 e. The summed E-state index contributed by atoms with van der Waals surface area (Å²) in [6.45, 7) is 0.294. The Bertz CT molecular complexity index is 732. The number of halogens is 1. The fourth-order valence-electron chi connectivity index (χ4n) is 3.31. The minimum absolute atomic E-state index is 0.0263. The number of aryl methyl sites for hydroxylation is 1. The summed E-state index contributed by atoms with van der Waals surface area (Å²) < 4.78 is 18.6. The number of nitrogens with zero attached hydrogens (tertiary/aromatic N) is 1. The van der Waals surface area contributed by atoms with Crippen molar-refractivity contribution in [3.63, 3.8) is 0 Å². The second kappa shape index (κ2) is 7.66. The van der Waals surface area contributed by atoms with Crippen LogP contribution in [0.4, 0.5) is 4.39 Å². The summed E-state index contributed by atoms with van der Waals surface area (Å²) in [6, 6.07) is 13.6. The highest BCUT2D eigenvalue weighted by atomic mass is 19.1. The van der Waals surface area contributed by atoms with Gasteiger partial charge in [-0.25, -0.2) is 4.39 Å². The fraction of sp³-hybridized carbons (Fsp3) is 0.350. The number of methoxy groups -OCH3 is 1. The van der Waals surface area contributed by atoms with Crippen LogP contribution in [0, 0.1) is 5.82 Å². The summed E-state index contributed by atoms with van der Waals surface area (Å²) in [5, 5.41) is 9.99. The smallest absolute Gasteiger partial charge is 0.223 e. The van der Waals surface area contributed by atoms with Crippen molar-refractivity contribution in [1.82, 2.24) is 4.90 Å². The molecule has 3 rings (SSSR count). The number of amides is 1. The molecule has 0 bridgehead atoms. The van der Waals surface area contributed by atoms with Gasteiger partial charge in [-0.05, 0) is 48.2 Å². The highest BCUT2D eigenvalue weighted by Crippen LogP contribution is 2.33. The van der Waals surface area contributed by atoms with Gasteiger partial charge in [0.1, 0.15) is 11.6 Å². The van der Waals surface area contributed by atoms with Crippen LogP contribution in [0.3, 0.4) is 0 Å². The lowest BCUT2D eigenvalue weighted by Gasteiger charge is -2.25. The van der Waals surface area contributed by atoms with E-state index in [4.69, 9.17) is 4.74 Å². The molecule has 0 spiro atoms. The van der Waals surface area contributed by atoms with Gasteiger partial charge >= 0.3 is 0 Å². The molecular formula is C20H22FNO3. The quantitative estimate of drug-likeness (QED) is 0.908. The molecule has 2 aromatic carbocycles. The van der Waals surface area contributed by atoms with Crippen molar-refractivity contribution in [1.29, 1.82) is 0 Å². The summed E-state index contributed by atoms with van der Waals surface area (Å²) in [5.41, 5.74) is 1.78. The number of aliphatic hydroxyl groups excluding tert-OH is 1. The van der Waals surface area contributed by atoms with Crippen LogP contribution in [0.5, 0.6) is 5.75 Å². The second-order valence-corrected chi connectivity index (χ2v) is 6.35. The zero-order valence-corrected chi connectivity index (χ0v) is 14.2. The lowest BCUT2D eigenvalue weighted by molar-refractivity contribution is -0.132. The normalized spacial score (nSPS) is 19.9. The van der Waals surface area contributed by atoms with Gasteiger partial charge in [-0.15, -0.1) is 0 Å². The lowest BCUT2D eigenvalue weighted by atomic mass is 10.0. The molecule has 25 heavy (non-hydrogen) atoms. The van der Waals surface area contributed by atoms with E-state index in [9.17, 15) is 14.3 Å². The number of benzene rings is 2. The Balaban J connectivity index is 1.66. The van der Waals surface area contributed by atoms with Crippen molar-refractivity contribution >= 4 is 5.91 Å². The van der Waals surface area contributed by atoms with Gasteiger partial charge in [-0.3, -0.25) is 4.79 Å². The molecule has 1 fully saturated rings. The highest BCUT2D eigenvalue weighted by molar-refractivity contribution is 5.77. The molecule has 1 aliphatic rings. The number of carbonyl (C=O) groups excluding carboxylic acids is 1. The molecule has 0 saturated carbocycles. The minimum atomic E-state index is -0.571. The Morgan fingerprint density at radius 3 is 2.72 bits per heavy atom. The number of β-amino-alcohol motifs (C(OH)–C–C–N with tert-alkyl or cyclic N) is 1. The van der Waals surface area contributed by atoms with E-state index in [0.29, 0.717) is 25.8 Å². The van der Waals surface area contributed by atoms with Gasteiger partial charge in [-0.1, -0.05) is 24.3 Å². The summed E-state index contributed by atoms with van der Waals surface area (Å²) >= 11 is 0. The van der Waals surface area contributed by atoms with Gasteiger partial charge in [0, 0.05) is 13.0 Å². The average Bonchev–Trinajstić information content (AvgIpc) is 3.02. The van der Waals surface area contributed by atoms with Crippen LogP contribution in [0.25, 0.3) is 0 Å². The number of carbonyl (C=O) groups is 1.